The molecule has 5 rings (SSSR count). The summed E-state index contributed by atoms with van der Waals surface area (Å²) < 4.78 is 17.7. The molecule has 1 unspecified atom stereocenters. The molecule has 0 saturated heterocycles. The Kier molecular flexibility index (Phi) is 6.18. The molecule has 8 nitrogen and oxygen atoms in total. The fraction of sp³-hybridized carbons (Fsp3) is 0.259. The molecule has 178 valence electrons. The summed E-state index contributed by atoms with van der Waals surface area (Å²) in [5.74, 6) is 0.856. The number of aromatic nitrogens is 2. The molecule has 3 heterocycles. The number of ether oxygens (including phenoxy) is 2. The molecule has 2 aromatic heterocycles. The quantitative estimate of drug-likeness (QED) is 0.337. The first-order valence-electron chi connectivity index (χ1n) is 11.7. The summed E-state index contributed by atoms with van der Waals surface area (Å²) in [5.41, 5.74) is 1.01. The summed E-state index contributed by atoms with van der Waals surface area (Å²) >= 11 is 0. The molecule has 1 aliphatic heterocycles. The maximum Gasteiger partial charge on any atom is 0.297 e. The Bertz CT molecular complexity index is 1430. The van der Waals surface area contributed by atoms with E-state index >= 15 is 0 Å². The van der Waals surface area contributed by atoms with Gasteiger partial charge in [0.15, 0.2) is 16.9 Å². The number of hydrogen-bond acceptors (Lipinski definition) is 7. The fourth-order valence-corrected chi connectivity index (χ4v) is 4.27. The third kappa shape index (κ3) is 4.01. The van der Waals surface area contributed by atoms with Gasteiger partial charge in [0, 0.05) is 12.4 Å². The number of anilines is 1. The molecule has 0 aliphatic carbocycles. The molecule has 0 saturated carbocycles. The van der Waals surface area contributed by atoms with Crippen molar-refractivity contribution in [1.29, 1.82) is 0 Å². The van der Waals surface area contributed by atoms with E-state index in [2.05, 4.69) is 16.9 Å². The van der Waals surface area contributed by atoms with Crippen molar-refractivity contribution >= 4 is 22.8 Å². The summed E-state index contributed by atoms with van der Waals surface area (Å²) in [5, 5.41) is 0.407. The Morgan fingerprint density at radius 1 is 0.971 bits per heavy atom. The predicted octanol–water partition coefficient (Wildman–Crippen LogP) is 4.91. The second-order valence-corrected chi connectivity index (χ2v) is 8.14. The summed E-state index contributed by atoms with van der Waals surface area (Å²) in [4.78, 5) is 37.2. The number of nitrogens with zero attached hydrogens (tertiary/aromatic N) is 3. The van der Waals surface area contributed by atoms with E-state index in [1.165, 1.54) is 4.90 Å². The number of fused-ring (bicyclic) bond motifs is 2. The van der Waals surface area contributed by atoms with E-state index in [4.69, 9.17) is 13.9 Å². The van der Waals surface area contributed by atoms with Crippen LogP contribution in [0.5, 0.6) is 11.5 Å². The van der Waals surface area contributed by atoms with Gasteiger partial charge in [-0.15, -0.1) is 0 Å². The van der Waals surface area contributed by atoms with Crippen LogP contribution >= 0.6 is 0 Å². The maximum atomic E-state index is 13.6. The lowest BCUT2D eigenvalue weighted by atomic mass is 9.98. The average Bonchev–Trinajstić information content (AvgIpc) is 3.18. The monoisotopic (exact) mass is 471 g/mol. The summed E-state index contributed by atoms with van der Waals surface area (Å²) in [6.07, 6.45) is 5.04. The summed E-state index contributed by atoms with van der Waals surface area (Å²) in [6, 6.07) is 13.2. The number of carbonyl (C=O) groups is 1. The number of benzene rings is 2. The molecular formula is C27H25N3O5. The van der Waals surface area contributed by atoms with Crippen LogP contribution in [0.15, 0.2) is 70.1 Å². The van der Waals surface area contributed by atoms with E-state index in [1.54, 1.807) is 42.7 Å². The Balaban J connectivity index is 1.70. The molecule has 4 aromatic rings. The third-order valence-electron chi connectivity index (χ3n) is 5.88. The van der Waals surface area contributed by atoms with E-state index in [9.17, 15) is 9.59 Å². The number of para-hydroxylation sites is 1. The highest BCUT2D eigenvalue weighted by atomic mass is 16.5. The number of rotatable bonds is 8. The van der Waals surface area contributed by atoms with Crippen LogP contribution in [0, 0.1) is 0 Å². The van der Waals surface area contributed by atoms with Gasteiger partial charge in [-0.05, 0) is 49.2 Å². The molecule has 0 spiro atoms. The van der Waals surface area contributed by atoms with Crippen molar-refractivity contribution in [3.63, 3.8) is 0 Å². The largest absolute Gasteiger partial charge is 0.490 e. The SMILES string of the molecule is CCCCOc1ccc(C2c3c(oc4ccccc4c3=O)C(=O)N2c2ncccn2)cc1OCC. The van der Waals surface area contributed by atoms with E-state index < -0.39 is 11.9 Å². The molecular weight excluding hydrogens is 446 g/mol. The van der Waals surface area contributed by atoms with Gasteiger partial charge in [-0.3, -0.25) is 14.5 Å². The molecule has 8 heteroatoms. The average molecular weight is 472 g/mol. The Morgan fingerprint density at radius 3 is 2.54 bits per heavy atom. The maximum absolute atomic E-state index is 13.6. The predicted molar refractivity (Wildman–Crippen MR) is 131 cm³/mol. The summed E-state index contributed by atoms with van der Waals surface area (Å²) in [6.45, 7) is 4.99. The van der Waals surface area contributed by atoms with Crippen LogP contribution in [0.1, 0.15) is 54.4 Å². The van der Waals surface area contributed by atoms with Crippen molar-refractivity contribution in [2.45, 2.75) is 32.7 Å². The molecule has 35 heavy (non-hydrogen) atoms. The van der Waals surface area contributed by atoms with Gasteiger partial charge in [0.2, 0.25) is 11.7 Å². The molecule has 0 bridgehead atoms. The van der Waals surface area contributed by atoms with Crippen molar-refractivity contribution in [3.05, 3.63) is 88.0 Å². The highest BCUT2D eigenvalue weighted by Gasteiger charge is 2.45. The standard InChI is InChI=1S/C27H25N3O5/c1-3-5-15-34-20-12-11-17(16-21(20)33-4-2)23-22-24(31)18-9-6-7-10-19(18)35-25(22)26(32)30(23)27-28-13-8-14-29-27/h6-14,16,23H,3-5,15H2,1-2H3. The molecule has 1 atom stereocenters. The van der Waals surface area contributed by atoms with Crippen molar-refractivity contribution in [2.24, 2.45) is 0 Å². The van der Waals surface area contributed by atoms with Crippen LogP contribution in [0.25, 0.3) is 11.0 Å². The van der Waals surface area contributed by atoms with Gasteiger partial charge in [0.05, 0.1) is 30.2 Å². The van der Waals surface area contributed by atoms with Gasteiger partial charge in [0.25, 0.3) is 5.91 Å². The van der Waals surface area contributed by atoms with Gasteiger partial charge < -0.3 is 13.9 Å². The molecule has 0 N–H and O–H groups in total. The molecule has 0 fully saturated rings. The van der Waals surface area contributed by atoms with Crippen molar-refractivity contribution < 1.29 is 18.7 Å². The second-order valence-electron chi connectivity index (χ2n) is 8.14. The second kappa shape index (κ2) is 9.58. The minimum absolute atomic E-state index is 0.00705. The van der Waals surface area contributed by atoms with Crippen LogP contribution in [0.4, 0.5) is 5.95 Å². The first kappa shape index (κ1) is 22.6. The Morgan fingerprint density at radius 2 is 1.77 bits per heavy atom. The number of amides is 1. The summed E-state index contributed by atoms with van der Waals surface area (Å²) in [7, 11) is 0. The van der Waals surface area contributed by atoms with Crippen molar-refractivity contribution in [3.8, 4) is 11.5 Å². The highest BCUT2D eigenvalue weighted by Crippen LogP contribution is 2.42. The number of carbonyl (C=O) groups excluding carboxylic acids is 1. The van der Waals surface area contributed by atoms with Gasteiger partial charge in [0.1, 0.15) is 5.58 Å². The van der Waals surface area contributed by atoms with Gasteiger partial charge in [-0.1, -0.05) is 31.5 Å². The van der Waals surface area contributed by atoms with Crippen LogP contribution in [-0.4, -0.2) is 29.1 Å². The van der Waals surface area contributed by atoms with Gasteiger partial charge in [-0.25, -0.2) is 9.97 Å². The first-order chi connectivity index (χ1) is 17.1. The van der Waals surface area contributed by atoms with E-state index in [1.807, 2.05) is 25.1 Å². The molecule has 2 aromatic carbocycles. The van der Waals surface area contributed by atoms with Crippen molar-refractivity contribution in [1.82, 2.24) is 9.97 Å². The normalized spacial score (nSPS) is 14.9. The topological polar surface area (TPSA) is 94.8 Å². The third-order valence-corrected chi connectivity index (χ3v) is 5.88. The van der Waals surface area contributed by atoms with Crippen LogP contribution in [0.2, 0.25) is 0 Å². The van der Waals surface area contributed by atoms with Crippen LogP contribution in [0.3, 0.4) is 0 Å². The number of hydrogen-bond donors (Lipinski definition) is 0. The van der Waals surface area contributed by atoms with Crippen LogP contribution < -0.4 is 19.8 Å². The lowest BCUT2D eigenvalue weighted by Crippen LogP contribution is -2.31. The van der Waals surface area contributed by atoms with E-state index in [0.29, 0.717) is 41.2 Å². The molecule has 1 aliphatic rings. The Hall–Kier alpha value is -4.20. The zero-order valence-electron chi connectivity index (χ0n) is 19.6. The lowest BCUT2D eigenvalue weighted by molar-refractivity contribution is 0.0969. The smallest absolute Gasteiger partial charge is 0.297 e. The van der Waals surface area contributed by atoms with E-state index in [-0.39, 0.29) is 22.7 Å². The van der Waals surface area contributed by atoms with Crippen LogP contribution in [-0.2, 0) is 0 Å². The van der Waals surface area contributed by atoms with Crippen molar-refractivity contribution in [2.75, 3.05) is 18.1 Å². The number of unbranched alkanes of at least 4 members (excludes halogenated alkanes) is 1. The highest BCUT2D eigenvalue weighted by molar-refractivity contribution is 6.09. The minimum atomic E-state index is -0.787. The fourth-order valence-electron chi connectivity index (χ4n) is 4.27. The van der Waals surface area contributed by atoms with E-state index in [0.717, 1.165) is 12.8 Å². The molecule has 1 amide bonds. The minimum Gasteiger partial charge on any atom is -0.490 e. The zero-order chi connectivity index (χ0) is 24.4. The first-order valence-corrected chi connectivity index (χ1v) is 11.7. The zero-order valence-corrected chi connectivity index (χ0v) is 19.6. The Labute approximate surface area is 202 Å². The molecule has 0 radical (unpaired) electrons. The lowest BCUT2D eigenvalue weighted by Gasteiger charge is -2.24. The van der Waals surface area contributed by atoms with Gasteiger partial charge in [-0.2, -0.15) is 0 Å². The van der Waals surface area contributed by atoms with Gasteiger partial charge >= 0.3 is 0 Å².